The molecule has 0 aromatic heterocycles. The van der Waals surface area contributed by atoms with E-state index < -0.39 is 0 Å². The van der Waals surface area contributed by atoms with Crippen LogP contribution in [-0.2, 0) is 13.1 Å². The van der Waals surface area contributed by atoms with E-state index in [-0.39, 0.29) is 5.82 Å². The Hall–Kier alpha value is -0.930. The van der Waals surface area contributed by atoms with Gasteiger partial charge in [0, 0.05) is 19.6 Å². The molecule has 0 amide bonds. The molecule has 0 saturated heterocycles. The van der Waals surface area contributed by atoms with Crippen molar-refractivity contribution in [2.24, 2.45) is 11.7 Å². The van der Waals surface area contributed by atoms with Gasteiger partial charge in [0.25, 0.3) is 0 Å². The monoisotopic (exact) mass is 236 g/mol. The molecule has 1 saturated carbocycles. The minimum atomic E-state index is -0.195. The van der Waals surface area contributed by atoms with Crippen LogP contribution in [0.25, 0.3) is 0 Å². The van der Waals surface area contributed by atoms with E-state index in [1.165, 1.54) is 18.9 Å². The maximum absolute atomic E-state index is 13.1. The minimum Gasteiger partial charge on any atom is -0.326 e. The highest BCUT2D eigenvalue weighted by atomic mass is 19.1. The molecule has 2 rings (SSSR count). The SMILES string of the molecule is CCN(Cc1ccc(F)cc1CN)CC1CC1. The molecule has 0 atom stereocenters. The van der Waals surface area contributed by atoms with Crippen molar-refractivity contribution in [3.63, 3.8) is 0 Å². The van der Waals surface area contributed by atoms with Gasteiger partial charge in [-0.15, -0.1) is 0 Å². The lowest BCUT2D eigenvalue weighted by Gasteiger charge is -2.21. The fourth-order valence-electron chi connectivity index (χ4n) is 2.15. The summed E-state index contributed by atoms with van der Waals surface area (Å²) in [6.07, 6.45) is 2.73. The molecular formula is C14H21FN2. The van der Waals surface area contributed by atoms with Crippen LogP contribution in [0.3, 0.4) is 0 Å². The van der Waals surface area contributed by atoms with Gasteiger partial charge >= 0.3 is 0 Å². The van der Waals surface area contributed by atoms with Gasteiger partial charge in [-0.25, -0.2) is 4.39 Å². The van der Waals surface area contributed by atoms with Crippen molar-refractivity contribution in [3.8, 4) is 0 Å². The van der Waals surface area contributed by atoms with E-state index in [0.717, 1.165) is 36.7 Å². The predicted octanol–water partition coefficient (Wildman–Crippen LogP) is 2.52. The highest BCUT2D eigenvalue weighted by molar-refractivity contribution is 5.27. The molecule has 0 radical (unpaired) electrons. The standard InChI is InChI=1S/C14H21FN2/c1-2-17(9-11-3-4-11)10-12-5-6-14(15)7-13(12)8-16/h5-7,11H,2-4,8-10,16H2,1H3. The lowest BCUT2D eigenvalue weighted by atomic mass is 10.1. The number of nitrogens with two attached hydrogens (primary N) is 1. The van der Waals surface area contributed by atoms with E-state index in [9.17, 15) is 4.39 Å². The number of benzene rings is 1. The molecule has 1 aliphatic carbocycles. The average molecular weight is 236 g/mol. The van der Waals surface area contributed by atoms with Crippen molar-refractivity contribution < 1.29 is 4.39 Å². The van der Waals surface area contributed by atoms with E-state index in [1.54, 1.807) is 6.07 Å². The van der Waals surface area contributed by atoms with Crippen molar-refractivity contribution in [3.05, 3.63) is 35.1 Å². The Balaban J connectivity index is 2.04. The first-order valence-corrected chi connectivity index (χ1v) is 6.42. The van der Waals surface area contributed by atoms with Crippen molar-refractivity contribution in [2.75, 3.05) is 13.1 Å². The maximum atomic E-state index is 13.1. The van der Waals surface area contributed by atoms with Gasteiger partial charge in [-0.3, -0.25) is 4.90 Å². The molecule has 1 aromatic carbocycles. The van der Waals surface area contributed by atoms with Crippen LogP contribution in [0.5, 0.6) is 0 Å². The summed E-state index contributed by atoms with van der Waals surface area (Å²) in [5.74, 6) is 0.691. The van der Waals surface area contributed by atoms with Gasteiger partial charge in [-0.2, -0.15) is 0 Å². The van der Waals surface area contributed by atoms with Crippen LogP contribution in [-0.4, -0.2) is 18.0 Å². The molecule has 2 N–H and O–H groups in total. The van der Waals surface area contributed by atoms with Crippen LogP contribution in [0.2, 0.25) is 0 Å². The number of nitrogens with zero attached hydrogens (tertiary/aromatic N) is 1. The summed E-state index contributed by atoms with van der Waals surface area (Å²) in [5.41, 5.74) is 7.76. The Morgan fingerprint density at radius 2 is 2.12 bits per heavy atom. The van der Waals surface area contributed by atoms with Crippen LogP contribution in [0.1, 0.15) is 30.9 Å². The van der Waals surface area contributed by atoms with Crippen molar-refractivity contribution in [1.29, 1.82) is 0 Å². The Morgan fingerprint density at radius 1 is 1.35 bits per heavy atom. The fourth-order valence-corrected chi connectivity index (χ4v) is 2.15. The van der Waals surface area contributed by atoms with Gasteiger partial charge in [0.2, 0.25) is 0 Å². The fraction of sp³-hybridized carbons (Fsp3) is 0.571. The molecule has 0 aliphatic heterocycles. The van der Waals surface area contributed by atoms with Gasteiger partial charge in [0.05, 0.1) is 0 Å². The number of hydrogen-bond donors (Lipinski definition) is 1. The molecule has 0 heterocycles. The Morgan fingerprint density at radius 3 is 2.71 bits per heavy atom. The van der Waals surface area contributed by atoms with Gasteiger partial charge < -0.3 is 5.73 Å². The van der Waals surface area contributed by atoms with E-state index >= 15 is 0 Å². The quantitative estimate of drug-likeness (QED) is 0.822. The molecule has 17 heavy (non-hydrogen) atoms. The van der Waals surface area contributed by atoms with E-state index in [4.69, 9.17) is 5.73 Å². The van der Waals surface area contributed by atoms with Gasteiger partial charge in [-0.05, 0) is 48.6 Å². The summed E-state index contributed by atoms with van der Waals surface area (Å²) in [6, 6.07) is 4.95. The molecule has 94 valence electrons. The molecule has 0 bridgehead atoms. The maximum Gasteiger partial charge on any atom is 0.123 e. The summed E-state index contributed by atoms with van der Waals surface area (Å²) in [7, 11) is 0. The zero-order valence-corrected chi connectivity index (χ0v) is 10.5. The smallest absolute Gasteiger partial charge is 0.123 e. The predicted molar refractivity (Wildman–Crippen MR) is 68.0 cm³/mol. The summed E-state index contributed by atoms with van der Waals surface area (Å²) in [4.78, 5) is 2.42. The summed E-state index contributed by atoms with van der Waals surface area (Å²) >= 11 is 0. The second-order valence-electron chi connectivity index (χ2n) is 4.89. The van der Waals surface area contributed by atoms with Gasteiger partial charge in [0.15, 0.2) is 0 Å². The molecule has 1 aromatic rings. The minimum absolute atomic E-state index is 0.195. The lowest BCUT2D eigenvalue weighted by Crippen LogP contribution is -2.26. The van der Waals surface area contributed by atoms with E-state index in [1.807, 2.05) is 6.07 Å². The third-order valence-electron chi connectivity index (χ3n) is 3.44. The molecule has 3 heteroatoms. The largest absolute Gasteiger partial charge is 0.326 e. The lowest BCUT2D eigenvalue weighted by molar-refractivity contribution is 0.267. The molecule has 1 fully saturated rings. The summed E-state index contributed by atoms with van der Waals surface area (Å²) in [6.45, 7) is 5.68. The third kappa shape index (κ3) is 3.51. The van der Waals surface area contributed by atoms with Crippen LogP contribution < -0.4 is 5.73 Å². The first-order chi connectivity index (χ1) is 8.22. The van der Waals surface area contributed by atoms with Crippen molar-refractivity contribution in [1.82, 2.24) is 4.90 Å². The second-order valence-corrected chi connectivity index (χ2v) is 4.89. The Labute approximate surface area is 103 Å². The Kier molecular flexibility index (Phi) is 4.13. The van der Waals surface area contributed by atoms with Crippen LogP contribution >= 0.6 is 0 Å². The normalized spacial score (nSPS) is 15.5. The highest BCUT2D eigenvalue weighted by Crippen LogP contribution is 2.30. The topological polar surface area (TPSA) is 29.3 Å². The Bertz CT molecular complexity index is 374. The number of rotatable bonds is 6. The van der Waals surface area contributed by atoms with Gasteiger partial charge in [-0.1, -0.05) is 13.0 Å². The van der Waals surface area contributed by atoms with E-state index in [2.05, 4.69) is 11.8 Å². The molecule has 0 unspecified atom stereocenters. The summed E-state index contributed by atoms with van der Waals surface area (Å²) < 4.78 is 13.1. The van der Waals surface area contributed by atoms with Crippen LogP contribution in [0, 0.1) is 11.7 Å². The first kappa shape index (κ1) is 12.5. The zero-order valence-electron chi connectivity index (χ0n) is 10.5. The third-order valence-corrected chi connectivity index (χ3v) is 3.44. The molecule has 2 nitrogen and oxygen atoms in total. The molecule has 0 spiro atoms. The van der Waals surface area contributed by atoms with Crippen molar-refractivity contribution in [2.45, 2.75) is 32.9 Å². The van der Waals surface area contributed by atoms with Gasteiger partial charge in [0.1, 0.15) is 5.82 Å². The zero-order chi connectivity index (χ0) is 12.3. The van der Waals surface area contributed by atoms with Crippen LogP contribution in [0.15, 0.2) is 18.2 Å². The summed E-state index contributed by atoms with van der Waals surface area (Å²) in [5, 5.41) is 0. The molecular weight excluding hydrogens is 215 g/mol. The molecule has 1 aliphatic rings. The second kappa shape index (κ2) is 5.61. The number of halogens is 1. The van der Waals surface area contributed by atoms with Crippen molar-refractivity contribution >= 4 is 0 Å². The van der Waals surface area contributed by atoms with Crippen LogP contribution in [0.4, 0.5) is 4.39 Å². The average Bonchev–Trinajstić information content (AvgIpc) is 3.14. The van der Waals surface area contributed by atoms with E-state index in [0.29, 0.717) is 6.54 Å². The first-order valence-electron chi connectivity index (χ1n) is 6.42. The highest BCUT2D eigenvalue weighted by Gasteiger charge is 2.23. The number of hydrogen-bond acceptors (Lipinski definition) is 2.